The van der Waals surface area contributed by atoms with E-state index >= 15 is 0 Å². The van der Waals surface area contributed by atoms with E-state index in [4.69, 9.17) is 9.47 Å². The smallest absolute Gasteiger partial charge is 0.307 e. The number of hydrogen-bond acceptors (Lipinski definition) is 11. The Morgan fingerprint density at radius 1 is 0.565 bits per heavy atom. The van der Waals surface area contributed by atoms with Crippen molar-refractivity contribution in [3.63, 3.8) is 0 Å². The van der Waals surface area contributed by atoms with E-state index in [0.29, 0.717) is 74.5 Å². The Bertz CT molecular complexity index is 1010. The summed E-state index contributed by atoms with van der Waals surface area (Å²) in [5, 5.41) is 25.8. The Hall–Kier alpha value is -1.17. The van der Waals surface area contributed by atoms with Crippen LogP contribution in [-0.4, -0.2) is 138 Å². The Morgan fingerprint density at radius 2 is 0.986 bits per heavy atom. The van der Waals surface area contributed by atoms with Gasteiger partial charge in [0.15, 0.2) is 0 Å². The molecule has 3 rings (SSSR count). The number of unbranched alkanes of at least 4 members (excludes halogenated alkanes) is 1. The first-order valence-electron chi connectivity index (χ1n) is 27.3. The van der Waals surface area contributed by atoms with Gasteiger partial charge in [0, 0.05) is 106 Å². The minimum absolute atomic E-state index is 0.0190. The van der Waals surface area contributed by atoms with Gasteiger partial charge in [-0.1, -0.05) is 131 Å². The Morgan fingerprint density at radius 3 is 1.30 bits per heavy atom. The van der Waals surface area contributed by atoms with Crippen molar-refractivity contribution in [1.82, 2.24) is 42.5 Å². The fourth-order valence-corrected chi connectivity index (χ4v) is 5.42. The molecule has 15 heteroatoms. The molecule has 3 aliphatic rings. The lowest BCUT2D eigenvalue weighted by Crippen LogP contribution is -2.50. The topological polar surface area (TPSA) is 132 Å². The Kier molecular flexibility index (Phi) is 56.0. The van der Waals surface area contributed by atoms with Crippen LogP contribution in [0, 0.1) is 5.92 Å². The van der Waals surface area contributed by atoms with Gasteiger partial charge in [-0.05, 0) is 77.9 Å². The first kappa shape index (κ1) is 76.7. The second-order valence-electron chi connectivity index (χ2n) is 21.2. The van der Waals surface area contributed by atoms with Gasteiger partial charge in [0.25, 0.3) is 5.92 Å². The van der Waals surface area contributed by atoms with E-state index in [2.05, 4.69) is 126 Å². The molecule has 0 aliphatic heterocycles. The average Bonchev–Trinajstić information content (AvgIpc) is 4.14. The van der Waals surface area contributed by atoms with Gasteiger partial charge in [-0.25, -0.2) is 17.6 Å². The molecule has 3 saturated carbocycles. The van der Waals surface area contributed by atoms with Gasteiger partial charge in [-0.3, -0.25) is 4.79 Å². The third-order valence-corrected chi connectivity index (χ3v) is 9.37. The van der Waals surface area contributed by atoms with Crippen molar-refractivity contribution in [2.24, 2.45) is 5.92 Å². The highest BCUT2D eigenvalue weighted by Gasteiger charge is 2.45. The minimum atomic E-state index is -2.53. The zero-order valence-electron chi connectivity index (χ0n) is 49.0. The van der Waals surface area contributed by atoms with Gasteiger partial charge in [-0.2, -0.15) is 0 Å². The van der Waals surface area contributed by atoms with Crippen LogP contribution in [0.1, 0.15) is 209 Å². The highest BCUT2D eigenvalue weighted by molar-refractivity contribution is 5.69. The van der Waals surface area contributed by atoms with Crippen molar-refractivity contribution in [3.05, 3.63) is 0 Å². The van der Waals surface area contributed by atoms with Crippen LogP contribution < -0.4 is 42.5 Å². The number of alkyl halides is 4. The predicted octanol–water partition coefficient (Wildman–Crippen LogP) is 11.1. The minimum Gasteiger partial charge on any atom is -0.466 e. The molecule has 0 spiro atoms. The SMILES string of the molecule is CC(C)NC1CC(F)(F)C1.CC(C)NC1CC1.CC(C)NCC1CC1.CC(C)NCCC(C)(F)F.CCCCNC(C)C.CCCNC(C)C.CCOC(=O)CCNC(C)C.COCCNC(C)C. The number of rotatable bonds is 27. The number of nitrogens with one attached hydrogen (secondary N) is 8. The van der Waals surface area contributed by atoms with Gasteiger partial charge >= 0.3 is 5.97 Å². The molecule has 422 valence electrons. The van der Waals surface area contributed by atoms with Gasteiger partial charge in [0.1, 0.15) is 0 Å². The maximum atomic E-state index is 12.2. The highest BCUT2D eigenvalue weighted by atomic mass is 19.3. The summed E-state index contributed by atoms with van der Waals surface area (Å²) in [6.45, 7) is 47.6. The molecule has 11 nitrogen and oxygen atoms in total. The average molecular weight is 1010 g/mol. The van der Waals surface area contributed by atoms with Crippen LogP contribution in [0.2, 0.25) is 0 Å². The monoisotopic (exact) mass is 1000 g/mol. The number of esters is 1. The molecule has 0 aromatic heterocycles. The zero-order chi connectivity index (χ0) is 54.4. The van der Waals surface area contributed by atoms with Crippen LogP contribution >= 0.6 is 0 Å². The summed E-state index contributed by atoms with van der Waals surface area (Å²) in [7, 11) is 1.71. The van der Waals surface area contributed by atoms with E-state index in [-0.39, 0.29) is 31.3 Å². The molecule has 0 aromatic rings. The van der Waals surface area contributed by atoms with Crippen molar-refractivity contribution < 1.29 is 31.8 Å². The zero-order valence-corrected chi connectivity index (χ0v) is 49.0. The molecule has 0 heterocycles. The number of ether oxygens (including phenoxy) is 2. The Balaban J connectivity index is -0.000000227. The first-order chi connectivity index (χ1) is 32.0. The van der Waals surface area contributed by atoms with Crippen LogP contribution in [0.5, 0.6) is 0 Å². The normalized spacial score (nSPS) is 15.0. The van der Waals surface area contributed by atoms with E-state index in [9.17, 15) is 22.4 Å². The number of methoxy groups -OCH3 is 1. The van der Waals surface area contributed by atoms with Crippen LogP contribution in [-0.2, 0) is 14.3 Å². The summed E-state index contributed by atoms with van der Waals surface area (Å²) in [4.78, 5) is 10.8. The quantitative estimate of drug-likeness (QED) is 0.0227. The number of carbonyl (C=O) groups is 1. The lowest BCUT2D eigenvalue weighted by Gasteiger charge is -2.36. The van der Waals surface area contributed by atoms with Crippen molar-refractivity contribution in [2.75, 3.05) is 59.6 Å². The molecule has 0 radical (unpaired) electrons. The van der Waals surface area contributed by atoms with Gasteiger partial charge in [-0.15, -0.1) is 0 Å². The van der Waals surface area contributed by atoms with Crippen LogP contribution in [0.4, 0.5) is 17.6 Å². The second-order valence-corrected chi connectivity index (χ2v) is 21.2. The predicted molar refractivity (Wildman–Crippen MR) is 293 cm³/mol. The summed E-state index contributed by atoms with van der Waals surface area (Å²) in [5.41, 5.74) is 0. The fraction of sp³-hybridized carbons (Fsp3) is 0.981. The second kappa shape index (κ2) is 50.4. The summed E-state index contributed by atoms with van der Waals surface area (Å²) >= 11 is 0. The summed E-state index contributed by atoms with van der Waals surface area (Å²) < 4.78 is 58.2. The molecular formula is C54H120F4N8O3. The molecule has 0 bridgehead atoms. The molecule has 0 aromatic carbocycles. The maximum absolute atomic E-state index is 12.2. The van der Waals surface area contributed by atoms with Crippen LogP contribution in [0.3, 0.4) is 0 Å². The first-order valence-corrected chi connectivity index (χ1v) is 27.3. The molecule has 69 heavy (non-hydrogen) atoms. The van der Waals surface area contributed by atoms with E-state index in [1.54, 1.807) is 7.11 Å². The summed E-state index contributed by atoms with van der Waals surface area (Å²) in [6, 6.07) is 5.22. The van der Waals surface area contributed by atoms with Crippen molar-refractivity contribution in [3.8, 4) is 0 Å². The molecule has 0 saturated heterocycles. The van der Waals surface area contributed by atoms with Crippen molar-refractivity contribution in [2.45, 2.75) is 281 Å². The molecule has 8 N–H and O–H groups in total. The third-order valence-electron chi connectivity index (χ3n) is 9.37. The third kappa shape index (κ3) is 84.0. The van der Waals surface area contributed by atoms with E-state index in [0.717, 1.165) is 38.6 Å². The standard InChI is InChI=1S/C8H17NO2.C7H13F2N.C7H15F2N.C7H15N.C7H17N.C6H15NO.C6H13N.C6H15N/c1-4-11-8(10)5-6-9-7(2)3;1-5(2)10-6-3-7(8,9)4-6;1-6(2)10-5-4-7(3,8)9;1-6(2)8-5-7-3-4-7;1-4-5-6-8-7(2)3;1-6(2)7-4-5-8-3;1-5(2)7-6-3-4-6;1-4-5-7-6(2)3/h7,9H,4-6H2,1-3H3;5-6,10H,3-4H2,1-2H3;6,10H,4-5H2,1-3H3;6-8H,3-5H2,1-2H3;7-8H,4-6H2,1-3H3;6-7H,4-5H2,1-3H3;5-7H,3-4H2,1-2H3;6-7H,4-5H2,1-3H3. The summed E-state index contributed by atoms with van der Waals surface area (Å²) in [6.07, 6.45) is 9.97. The fourth-order valence-electron chi connectivity index (χ4n) is 5.42. The Labute approximate surface area is 426 Å². The number of hydrogen-bond donors (Lipinski definition) is 8. The largest absolute Gasteiger partial charge is 0.466 e. The lowest BCUT2D eigenvalue weighted by molar-refractivity contribution is -0.143. The molecule has 3 aliphatic carbocycles. The molecule has 0 unspecified atom stereocenters. The molecule has 0 atom stereocenters. The van der Waals surface area contributed by atoms with E-state index in [1.165, 1.54) is 58.0 Å². The van der Waals surface area contributed by atoms with Gasteiger partial charge in [0.05, 0.1) is 19.6 Å². The molecule has 0 amide bonds. The van der Waals surface area contributed by atoms with Crippen molar-refractivity contribution in [1.29, 1.82) is 0 Å². The summed E-state index contributed by atoms with van der Waals surface area (Å²) in [5.74, 6) is -4.01. The van der Waals surface area contributed by atoms with Crippen molar-refractivity contribution >= 4 is 5.97 Å². The van der Waals surface area contributed by atoms with Gasteiger partial charge < -0.3 is 52.0 Å². The van der Waals surface area contributed by atoms with Crippen LogP contribution in [0.25, 0.3) is 0 Å². The highest BCUT2D eigenvalue weighted by Crippen LogP contribution is 2.37. The van der Waals surface area contributed by atoms with Crippen LogP contribution in [0.15, 0.2) is 0 Å². The number of carbonyl (C=O) groups excluding carboxylic acids is 1. The molecular weight excluding hydrogens is 885 g/mol. The number of halogens is 4. The molecule has 3 fully saturated rings. The maximum Gasteiger partial charge on any atom is 0.307 e. The lowest BCUT2D eigenvalue weighted by atomic mass is 9.88. The van der Waals surface area contributed by atoms with Gasteiger partial charge in [0.2, 0.25) is 5.92 Å². The van der Waals surface area contributed by atoms with E-state index in [1.807, 2.05) is 48.5 Å². The van der Waals surface area contributed by atoms with E-state index < -0.39 is 11.8 Å².